The Labute approximate surface area is 177 Å². The number of aromatic nitrogens is 1. The molecule has 0 radical (unpaired) electrons. The van der Waals surface area contributed by atoms with Gasteiger partial charge in [0.2, 0.25) is 11.8 Å². The van der Waals surface area contributed by atoms with Crippen LogP contribution in [0.25, 0.3) is 10.9 Å². The molecule has 168 valence electrons. The van der Waals surface area contributed by atoms with E-state index in [9.17, 15) is 24.3 Å². The summed E-state index contributed by atoms with van der Waals surface area (Å²) in [7, 11) is 0. The summed E-state index contributed by atoms with van der Waals surface area (Å²) in [5.41, 5.74) is 7.67. The Bertz CT molecular complexity index is 956. The van der Waals surface area contributed by atoms with Crippen LogP contribution < -0.4 is 16.4 Å². The minimum absolute atomic E-state index is 0.161. The van der Waals surface area contributed by atoms with E-state index in [1.165, 1.54) is 6.92 Å². The molecule has 1 heterocycles. The van der Waals surface area contributed by atoms with Gasteiger partial charge in [-0.05, 0) is 31.4 Å². The molecule has 4 unspecified atom stereocenters. The molecular weight excluding hydrogens is 408 g/mol. The molecule has 2 aromatic rings. The maximum absolute atomic E-state index is 12.6. The van der Waals surface area contributed by atoms with Crippen LogP contribution in [0.2, 0.25) is 0 Å². The first-order chi connectivity index (χ1) is 14.6. The van der Waals surface area contributed by atoms with Crippen LogP contribution in [0.4, 0.5) is 0 Å². The number of carboxylic acids is 2. The van der Waals surface area contributed by atoms with Crippen molar-refractivity contribution in [3.63, 3.8) is 0 Å². The lowest BCUT2D eigenvalue weighted by Crippen LogP contribution is -2.56. The molecule has 0 aliphatic rings. The Balaban J connectivity index is 2.09. The topological polar surface area (TPSA) is 195 Å². The molecule has 0 saturated heterocycles. The van der Waals surface area contributed by atoms with E-state index in [1.54, 1.807) is 6.20 Å². The van der Waals surface area contributed by atoms with Crippen LogP contribution in [0.15, 0.2) is 30.5 Å². The summed E-state index contributed by atoms with van der Waals surface area (Å²) in [6.07, 6.45) is -0.232. The highest BCUT2D eigenvalue weighted by Crippen LogP contribution is 2.18. The highest BCUT2D eigenvalue weighted by atomic mass is 16.4. The average Bonchev–Trinajstić information content (AvgIpc) is 3.11. The molecule has 11 nitrogen and oxygen atoms in total. The van der Waals surface area contributed by atoms with Crippen LogP contribution in [0.5, 0.6) is 0 Å². The van der Waals surface area contributed by atoms with E-state index in [0.717, 1.165) is 16.5 Å². The summed E-state index contributed by atoms with van der Waals surface area (Å²) < 4.78 is 0. The SMILES string of the molecule is CC(O)C(NC(=O)C(CCC(=O)O)NC(=O)C(N)Cc1c[nH]c2ccccc12)C(=O)O. The number of aliphatic carboxylic acids is 2. The molecule has 4 atom stereocenters. The lowest BCUT2D eigenvalue weighted by Gasteiger charge is -2.23. The molecule has 2 rings (SSSR count). The number of nitrogens with one attached hydrogen (secondary N) is 3. The number of benzene rings is 1. The quantitative estimate of drug-likeness (QED) is 0.242. The molecule has 11 heteroatoms. The lowest BCUT2D eigenvalue weighted by molar-refractivity contribution is -0.145. The van der Waals surface area contributed by atoms with Gasteiger partial charge in [-0.25, -0.2) is 4.79 Å². The van der Waals surface area contributed by atoms with Crippen molar-refractivity contribution in [2.45, 2.75) is 50.4 Å². The number of hydrogen-bond acceptors (Lipinski definition) is 6. The monoisotopic (exact) mass is 434 g/mol. The Morgan fingerprint density at radius 3 is 2.39 bits per heavy atom. The Morgan fingerprint density at radius 2 is 1.77 bits per heavy atom. The van der Waals surface area contributed by atoms with Crippen molar-refractivity contribution in [1.82, 2.24) is 15.6 Å². The van der Waals surface area contributed by atoms with Crippen LogP contribution in [-0.2, 0) is 25.6 Å². The lowest BCUT2D eigenvalue weighted by atomic mass is 10.0. The molecule has 1 aromatic heterocycles. The number of rotatable bonds is 11. The second kappa shape index (κ2) is 10.5. The van der Waals surface area contributed by atoms with Gasteiger partial charge in [0.05, 0.1) is 12.1 Å². The van der Waals surface area contributed by atoms with Gasteiger partial charge in [0.15, 0.2) is 6.04 Å². The van der Waals surface area contributed by atoms with Gasteiger partial charge in [0, 0.05) is 23.5 Å². The zero-order valence-electron chi connectivity index (χ0n) is 16.9. The van der Waals surface area contributed by atoms with Gasteiger partial charge in [-0.1, -0.05) is 18.2 Å². The van der Waals surface area contributed by atoms with Crippen LogP contribution >= 0.6 is 0 Å². The fraction of sp³-hybridized carbons (Fsp3) is 0.400. The third kappa shape index (κ3) is 6.52. The van der Waals surface area contributed by atoms with Crippen molar-refractivity contribution in [3.05, 3.63) is 36.0 Å². The summed E-state index contributed by atoms with van der Waals surface area (Å²) in [6, 6.07) is 3.47. The fourth-order valence-electron chi connectivity index (χ4n) is 3.09. The molecule has 0 aliphatic carbocycles. The molecule has 0 aliphatic heterocycles. The number of H-pyrrole nitrogens is 1. The Kier molecular flexibility index (Phi) is 8.11. The third-order valence-electron chi connectivity index (χ3n) is 4.78. The Hall–Kier alpha value is -3.44. The van der Waals surface area contributed by atoms with Crippen molar-refractivity contribution in [1.29, 1.82) is 0 Å². The van der Waals surface area contributed by atoms with Crippen LogP contribution in [0.3, 0.4) is 0 Å². The first kappa shape index (κ1) is 23.8. The Morgan fingerprint density at radius 1 is 1.10 bits per heavy atom. The smallest absolute Gasteiger partial charge is 0.328 e. The predicted octanol–water partition coefficient (Wildman–Crippen LogP) is -0.662. The highest BCUT2D eigenvalue weighted by molar-refractivity contribution is 5.92. The van der Waals surface area contributed by atoms with Gasteiger partial charge in [-0.3, -0.25) is 14.4 Å². The number of nitrogens with two attached hydrogens (primary N) is 1. The van der Waals surface area contributed by atoms with Gasteiger partial charge >= 0.3 is 11.9 Å². The number of aliphatic hydroxyl groups is 1. The maximum Gasteiger partial charge on any atom is 0.328 e. The number of fused-ring (bicyclic) bond motifs is 1. The van der Waals surface area contributed by atoms with Crippen molar-refractivity contribution >= 4 is 34.7 Å². The van der Waals surface area contributed by atoms with Crippen LogP contribution in [-0.4, -0.2) is 68.3 Å². The normalized spacial score (nSPS) is 14.9. The third-order valence-corrected chi connectivity index (χ3v) is 4.78. The molecular formula is C20H26N4O7. The molecule has 8 N–H and O–H groups in total. The van der Waals surface area contributed by atoms with Crippen molar-refractivity contribution in [3.8, 4) is 0 Å². The van der Waals surface area contributed by atoms with Crippen LogP contribution in [0, 0.1) is 0 Å². The van der Waals surface area contributed by atoms with E-state index in [2.05, 4.69) is 15.6 Å². The van der Waals surface area contributed by atoms with E-state index in [4.69, 9.17) is 15.9 Å². The van der Waals surface area contributed by atoms with E-state index in [0.29, 0.717) is 0 Å². The maximum atomic E-state index is 12.6. The first-order valence-corrected chi connectivity index (χ1v) is 9.64. The summed E-state index contributed by atoms with van der Waals surface area (Å²) in [4.78, 5) is 50.3. The minimum atomic E-state index is -1.61. The molecule has 0 spiro atoms. The summed E-state index contributed by atoms with van der Waals surface area (Å²) in [5.74, 6) is -4.29. The van der Waals surface area contributed by atoms with Gasteiger partial charge in [-0.15, -0.1) is 0 Å². The number of para-hydroxylation sites is 1. The average molecular weight is 434 g/mol. The number of aromatic amines is 1. The van der Waals surface area contributed by atoms with Gasteiger partial charge in [0.25, 0.3) is 0 Å². The van der Waals surface area contributed by atoms with Crippen molar-refractivity contribution < 1.29 is 34.5 Å². The first-order valence-electron chi connectivity index (χ1n) is 9.64. The van der Waals surface area contributed by atoms with Gasteiger partial charge in [0.1, 0.15) is 6.04 Å². The van der Waals surface area contributed by atoms with E-state index in [1.807, 2.05) is 24.3 Å². The number of aliphatic hydroxyl groups excluding tert-OH is 1. The van der Waals surface area contributed by atoms with E-state index >= 15 is 0 Å². The van der Waals surface area contributed by atoms with Crippen LogP contribution in [0.1, 0.15) is 25.3 Å². The molecule has 31 heavy (non-hydrogen) atoms. The summed E-state index contributed by atoms with van der Waals surface area (Å²) >= 11 is 0. The largest absolute Gasteiger partial charge is 0.481 e. The molecule has 0 saturated carbocycles. The highest BCUT2D eigenvalue weighted by Gasteiger charge is 2.30. The van der Waals surface area contributed by atoms with Gasteiger partial charge < -0.3 is 36.7 Å². The zero-order valence-corrected chi connectivity index (χ0v) is 16.9. The fourth-order valence-corrected chi connectivity index (χ4v) is 3.09. The molecule has 0 fully saturated rings. The van der Waals surface area contributed by atoms with Crippen molar-refractivity contribution in [2.24, 2.45) is 5.73 Å². The minimum Gasteiger partial charge on any atom is -0.481 e. The zero-order chi connectivity index (χ0) is 23.1. The molecule has 0 bridgehead atoms. The second-order valence-electron chi connectivity index (χ2n) is 7.23. The van der Waals surface area contributed by atoms with E-state index in [-0.39, 0.29) is 12.8 Å². The number of carboxylic acid groups (broad SMARTS) is 2. The standard InChI is InChI=1S/C20H26N4O7/c1-10(25)17(20(30)31)24-19(29)15(6-7-16(26)27)23-18(28)13(21)8-11-9-22-14-5-3-2-4-12(11)14/h2-5,9-10,13,15,17,22,25H,6-8,21H2,1H3,(H,23,28)(H,24,29)(H,26,27)(H,30,31). The summed E-state index contributed by atoms with van der Waals surface area (Å²) in [6.45, 7) is 1.18. The van der Waals surface area contributed by atoms with Crippen molar-refractivity contribution in [2.75, 3.05) is 0 Å². The predicted molar refractivity (Wildman–Crippen MR) is 110 cm³/mol. The number of carbonyl (C=O) groups excluding carboxylic acids is 2. The molecule has 2 amide bonds. The summed E-state index contributed by atoms with van der Waals surface area (Å²) in [5, 5.41) is 33.0. The number of hydrogen-bond donors (Lipinski definition) is 7. The second-order valence-corrected chi connectivity index (χ2v) is 7.23. The van der Waals surface area contributed by atoms with E-state index < -0.39 is 54.4 Å². The number of carbonyl (C=O) groups is 4. The number of amides is 2. The van der Waals surface area contributed by atoms with Gasteiger partial charge in [-0.2, -0.15) is 0 Å². The molecule has 1 aromatic carbocycles.